The second kappa shape index (κ2) is 5.35. The van der Waals surface area contributed by atoms with Gasteiger partial charge < -0.3 is 9.64 Å². The first-order valence-corrected chi connectivity index (χ1v) is 9.28. The van der Waals surface area contributed by atoms with Gasteiger partial charge in [-0.15, -0.1) is 0 Å². The molecule has 3 aromatic rings. The molecule has 3 aromatic carbocycles. The van der Waals surface area contributed by atoms with E-state index in [9.17, 15) is 10.1 Å². The van der Waals surface area contributed by atoms with E-state index in [-0.39, 0.29) is 16.0 Å². The zero-order chi connectivity index (χ0) is 19.7. The van der Waals surface area contributed by atoms with Crippen LogP contribution in [0.15, 0.2) is 60.7 Å². The highest BCUT2D eigenvalue weighted by Gasteiger charge is 2.57. The molecule has 5 rings (SSSR count). The summed E-state index contributed by atoms with van der Waals surface area (Å²) in [5.74, 6) is 0.739. The highest BCUT2D eigenvalue weighted by molar-refractivity contribution is 5.95. The van der Waals surface area contributed by atoms with Crippen molar-refractivity contribution in [3.8, 4) is 5.75 Å². The average Bonchev–Trinajstić information content (AvgIpc) is 2.86. The van der Waals surface area contributed by atoms with Crippen LogP contribution in [-0.4, -0.2) is 17.7 Å². The Morgan fingerprint density at radius 1 is 1.07 bits per heavy atom. The van der Waals surface area contributed by atoms with Crippen molar-refractivity contribution in [2.24, 2.45) is 0 Å². The molecule has 2 aliphatic heterocycles. The van der Waals surface area contributed by atoms with Gasteiger partial charge in [-0.2, -0.15) is 0 Å². The number of hydrogen-bond donors (Lipinski definition) is 0. The van der Waals surface area contributed by atoms with E-state index in [1.54, 1.807) is 12.1 Å². The molecular formula is C23H20N2O3. The van der Waals surface area contributed by atoms with E-state index in [2.05, 4.69) is 56.1 Å². The van der Waals surface area contributed by atoms with Gasteiger partial charge in [-0.1, -0.05) is 24.3 Å². The molecule has 5 heteroatoms. The number of hydrogen-bond acceptors (Lipinski definition) is 4. The fourth-order valence-corrected chi connectivity index (χ4v) is 4.69. The fraction of sp³-hybridized carbons (Fsp3) is 0.217. The Morgan fingerprint density at radius 2 is 1.82 bits per heavy atom. The Balaban J connectivity index is 1.70. The highest BCUT2D eigenvalue weighted by Crippen LogP contribution is 2.54. The van der Waals surface area contributed by atoms with Gasteiger partial charge in [0.25, 0.3) is 5.69 Å². The standard InChI is InChI=1S/C23H20N2O3/c1-22(2)19-6-4-5-7-20(19)24(3)23(22)13-12-17-18-14-16(25(26)27)10-8-15(18)9-11-21(17)28-23/h4-14H,1-3H3/t23-/m1/s1. The maximum Gasteiger partial charge on any atom is 0.270 e. The van der Waals surface area contributed by atoms with Gasteiger partial charge in [0.15, 0.2) is 0 Å². The van der Waals surface area contributed by atoms with Crippen molar-refractivity contribution in [1.82, 2.24) is 0 Å². The third-order valence-electron chi connectivity index (χ3n) is 6.29. The van der Waals surface area contributed by atoms with E-state index in [0.29, 0.717) is 0 Å². The lowest BCUT2D eigenvalue weighted by atomic mass is 9.76. The van der Waals surface area contributed by atoms with Crippen LogP contribution in [0.5, 0.6) is 5.75 Å². The van der Waals surface area contributed by atoms with E-state index >= 15 is 0 Å². The van der Waals surface area contributed by atoms with Crippen LogP contribution in [0.4, 0.5) is 11.4 Å². The predicted molar refractivity (Wildman–Crippen MR) is 111 cm³/mol. The molecule has 0 saturated carbocycles. The Bertz CT molecular complexity index is 1180. The van der Waals surface area contributed by atoms with Gasteiger partial charge in [0.05, 0.1) is 10.3 Å². The summed E-state index contributed by atoms with van der Waals surface area (Å²) in [7, 11) is 2.05. The van der Waals surface area contributed by atoms with Gasteiger partial charge in [-0.25, -0.2) is 0 Å². The van der Waals surface area contributed by atoms with Crippen LogP contribution in [0.2, 0.25) is 0 Å². The van der Waals surface area contributed by atoms with Gasteiger partial charge in [0, 0.05) is 30.4 Å². The number of non-ortho nitro benzene ring substituents is 1. The molecule has 0 aromatic heterocycles. The number of nitrogens with zero attached hydrogens (tertiary/aromatic N) is 2. The zero-order valence-electron chi connectivity index (χ0n) is 16.0. The summed E-state index contributed by atoms with van der Waals surface area (Å²) in [6.45, 7) is 4.38. The van der Waals surface area contributed by atoms with Crippen molar-refractivity contribution in [2.45, 2.75) is 25.0 Å². The number of rotatable bonds is 1. The van der Waals surface area contributed by atoms with Gasteiger partial charge in [-0.3, -0.25) is 10.1 Å². The number of ether oxygens (including phenoxy) is 1. The summed E-state index contributed by atoms with van der Waals surface area (Å²) in [4.78, 5) is 13.0. The average molecular weight is 372 g/mol. The molecule has 1 atom stereocenters. The largest absolute Gasteiger partial charge is 0.463 e. The molecule has 28 heavy (non-hydrogen) atoms. The zero-order valence-corrected chi connectivity index (χ0v) is 16.0. The molecule has 0 radical (unpaired) electrons. The van der Waals surface area contributed by atoms with Crippen molar-refractivity contribution in [2.75, 3.05) is 11.9 Å². The van der Waals surface area contributed by atoms with Gasteiger partial charge >= 0.3 is 0 Å². The van der Waals surface area contributed by atoms with Crippen molar-refractivity contribution < 1.29 is 9.66 Å². The monoisotopic (exact) mass is 372 g/mol. The first-order valence-electron chi connectivity index (χ1n) is 9.28. The van der Waals surface area contributed by atoms with Crippen LogP contribution in [0, 0.1) is 10.1 Å². The molecule has 0 amide bonds. The number of likely N-dealkylation sites (N-methyl/N-ethyl adjacent to an activating group) is 1. The molecule has 0 saturated heterocycles. The summed E-state index contributed by atoms with van der Waals surface area (Å²) in [5.41, 5.74) is 2.42. The predicted octanol–water partition coefficient (Wildman–Crippen LogP) is 5.28. The third kappa shape index (κ3) is 1.96. The van der Waals surface area contributed by atoms with Crippen LogP contribution >= 0.6 is 0 Å². The molecule has 2 heterocycles. The normalized spacial score (nSPS) is 21.5. The minimum atomic E-state index is -0.655. The van der Waals surface area contributed by atoms with Crippen LogP contribution < -0.4 is 9.64 Å². The van der Waals surface area contributed by atoms with Gasteiger partial charge in [-0.05, 0) is 60.5 Å². The molecule has 0 fully saturated rings. The molecule has 0 bridgehead atoms. The van der Waals surface area contributed by atoms with Crippen molar-refractivity contribution in [3.63, 3.8) is 0 Å². The van der Waals surface area contributed by atoms with E-state index in [1.165, 1.54) is 11.6 Å². The second-order valence-electron chi connectivity index (χ2n) is 7.97. The van der Waals surface area contributed by atoms with Crippen molar-refractivity contribution in [3.05, 3.63) is 81.9 Å². The summed E-state index contributed by atoms with van der Waals surface area (Å²) in [6, 6.07) is 17.2. The lowest BCUT2D eigenvalue weighted by Gasteiger charge is -2.46. The van der Waals surface area contributed by atoms with Crippen LogP contribution in [0.25, 0.3) is 16.8 Å². The molecule has 140 valence electrons. The van der Waals surface area contributed by atoms with E-state index < -0.39 is 5.72 Å². The topological polar surface area (TPSA) is 55.6 Å². The molecule has 2 aliphatic rings. The van der Waals surface area contributed by atoms with Crippen molar-refractivity contribution >= 4 is 28.2 Å². The minimum absolute atomic E-state index is 0.0836. The quantitative estimate of drug-likeness (QED) is 0.431. The summed E-state index contributed by atoms with van der Waals surface area (Å²) in [6.07, 6.45) is 4.14. The molecule has 0 aliphatic carbocycles. The number of anilines is 1. The Hall–Kier alpha value is -3.34. The first-order chi connectivity index (χ1) is 13.3. The lowest BCUT2D eigenvalue weighted by molar-refractivity contribution is -0.384. The number of nitro benzene ring substituents is 1. The van der Waals surface area contributed by atoms with E-state index in [4.69, 9.17) is 4.74 Å². The SMILES string of the molecule is CN1c2ccccc2C(C)(C)[C@]12C=Cc1c(ccc3ccc([N+](=O)[O-])cc13)O2. The third-order valence-corrected chi connectivity index (χ3v) is 6.29. The molecule has 1 spiro atoms. The first kappa shape index (κ1) is 16.8. The smallest absolute Gasteiger partial charge is 0.270 e. The van der Waals surface area contributed by atoms with Crippen LogP contribution in [0.1, 0.15) is 25.0 Å². The molecular weight excluding hydrogens is 352 g/mol. The minimum Gasteiger partial charge on any atom is -0.463 e. The summed E-state index contributed by atoms with van der Waals surface area (Å²) in [5, 5.41) is 13.0. The summed E-state index contributed by atoms with van der Waals surface area (Å²) < 4.78 is 6.67. The Morgan fingerprint density at radius 3 is 2.57 bits per heavy atom. The number of fused-ring (bicyclic) bond motifs is 4. The number of para-hydroxylation sites is 1. The number of benzene rings is 3. The lowest BCUT2D eigenvalue weighted by Crippen LogP contribution is -2.58. The summed E-state index contributed by atoms with van der Waals surface area (Å²) >= 11 is 0. The van der Waals surface area contributed by atoms with Gasteiger partial charge in [0.2, 0.25) is 5.72 Å². The van der Waals surface area contributed by atoms with Crippen LogP contribution in [-0.2, 0) is 5.41 Å². The maximum atomic E-state index is 11.2. The van der Waals surface area contributed by atoms with Gasteiger partial charge in [0.1, 0.15) is 5.75 Å². The Kier molecular flexibility index (Phi) is 3.21. The maximum absolute atomic E-state index is 11.2. The molecule has 0 unspecified atom stereocenters. The Labute approximate surface area is 163 Å². The number of nitro groups is 1. The van der Waals surface area contributed by atoms with E-state index in [1.807, 2.05) is 18.2 Å². The van der Waals surface area contributed by atoms with E-state index in [0.717, 1.165) is 27.8 Å². The van der Waals surface area contributed by atoms with Crippen LogP contribution in [0.3, 0.4) is 0 Å². The van der Waals surface area contributed by atoms with Crippen molar-refractivity contribution in [1.29, 1.82) is 0 Å². The fourth-order valence-electron chi connectivity index (χ4n) is 4.69. The highest BCUT2D eigenvalue weighted by atomic mass is 16.6. The molecule has 0 N–H and O–H groups in total. The molecule has 5 nitrogen and oxygen atoms in total. The second-order valence-corrected chi connectivity index (χ2v) is 7.97.